The van der Waals surface area contributed by atoms with Gasteiger partial charge in [-0.3, -0.25) is 9.59 Å². The highest BCUT2D eigenvalue weighted by molar-refractivity contribution is 5.84. The van der Waals surface area contributed by atoms with Gasteiger partial charge in [-0.1, -0.05) is 20.3 Å². The molecule has 1 heterocycles. The molecule has 130 valence electrons. The Kier molecular flexibility index (Phi) is 6.65. The van der Waals surface area contributed by atoms with Crippen molar-refractivity contribution < 1.29 is 14.3 Å². The normalized spacial score (nSPS) is 12.8. The van der Waals surface area contributed by atoms with Crippen molar-refractivity contribution in [3.05, 3.63) is 27.2 Å². The monoisotopic (exact) mass is 334 g/mol. The first-order valence-corrected chi connectivity index (χ1v) is 7.62. The third kappa shape index (κ3) is 4.19. The van der Waals surface area contributed by atoms with E-state index < -0.39 is 23.5 Å². The number of ether oxygens (including phenoxy) is 1. The first kappa shape index (κ1) is 19.4. The number of nitrogens with zero attached hydrogens (tertiary/aromatic N) is 3. The van der Waals surface area contributed by atoms with Crippen LogP contribution < -0.4 is 10.9 Å². The second-order valence-electron chi connectivity index (χ2n) is 5.61. The van der Waals surface area contributed by atoms with E-state index in [0.29, 0.717) is 17.7 Å². The number of carbonyl (C=O) groups is 2. The van der Waals surface area contributed by atoms with Gasteiger partial charge < -0.3 is 10.1 Å². The van der Waals surface area contributed by atoms with Crippen molar-refractivity contribution in [3.63, 3.8) is 0 Å². The molecule has 0 fully saturated rings. The van der Waals surface area contributed by atoms with E-state index >= 15 is 0 Å². The molecule has 0 saturated carbocycles. The molecule has 1 N–H and O–H groups in total. The fraction of sp³-hybridized carbons (Fsp3) is 0.562. The van der Waals surface area contributed by atoms with Crippen LogP contribution in [0.4, 0.5) is 0 Å². The lowest BCUT2D eigenvalue weighted by Crippen LogP contribution is -2.47. The quantitative estimate of drug-likeness (QED) is 0.755. The molecule has 0 radical (unpaired) electrons. The topological polar surface area (TPSA) is 114 Å². The van der Waals surface area contributed by atoms with Gasteiger partial charge in [-0.25, -0.2) is 9.48 Å². The molecule has 2 atom stereocenters. The standard InChI is InChI=1S/C16H22N4O4/c1-6-9(2)14(16(23)24-5)18-13(21)8-20-15(22)12(7-17)10(3)11(4)19-20/h9,14H,6,8H2,1-5H3,(H,18,21)/t9-,14-/m1/s1. The zero-order chi connectivity index (χ0) is 18.4. The Morgan fingerprint density at radius 1 is 1.42 bits per heavy atom. The fourth-order valence-corrected chi connectivity index (χ4v) is 2.16. The number of hydrogen-bond acceptors (Lipinski definition) is 6. The van der Waals surface area contributed by atoms with Crippen molar-refractivity contribution in [1.82, 2.24) is 15.1 Å². The number of nitriles is 1. The van der Waals surface area contributed by atoms with Crippen LogP contribution >= 0.6 is 0 Å². The Bertz CT molecular complexity index is 733. The summed E-state index contributed by atoms with van der Waals surface area (Å²) in [4.78, 5) is 36.2. The minimum Gasteiger partial charge on any atom is -0.467 e. The van der Waals surface area contributed by atoms with E-state index in [1.165, 1.54) is 7.11 Å². The minimum atomic E-state index is -0.801. The van der Waals surface area contributed by atoms with Crippen LogP contribution in [0.15, 0.2) is 4.79 Å². The molecule has 0 bridgehead atoms. The Morgan fingerprint density at radius 3 is 2.54 bits per heavy atom. The van der Waals surface area contributed by atoms with Gasteiger partial charge in [0.25, 0.3) is 5.56 Å². The van der Waals surface area contributed by atoms with E-state index in [4.69, 9.17) is 10.00 Å². The molecule has 0 unspecified atom stereocenters. The number of amides is 1. The largest absolute Gasteiger partial charge is 0.467 e. The molecule has 0 saturated heterocycles. The molecule has 8 heteroatoms. The van der Waals surface area contributed by atoms with Crippen LogP contribution in [0.3, 0.4) is 0 Å². The van der Waals surface area contributed by atoms with Crippen molar-refractivity contribution in [2.45, 2.75) is 46.7 Å². The second kappa shape index (κ2) is 8.24. The van der Waals surface area contributed by atoms with Gasteiger partial charge >= 0.3 is 5.97 Å². The van der Waals surface area contributed by atoms with Crippen molar-refractivity contribution >= 4 is 11.9 Å². The summed E-state index contributed by atoms with van der Waals surface area (Å²) in [6.07, 6.45) is 0.667. The van der Waals surface area contributed by atoms with E-state index in [2.05, 4.69) is 10.4 Å². The molecule has 8 nitrogen and oxygen atoms in total. The van der Waals surface area contributed by atoms with Crippen LogP contribution in [-0.4, -0.2) is 34.8 Å². The van der Waals surface area contributed by atoms with Gasteiger partial charge in [-0.15, -0.1) is 0 Å². The van der Waals surface area contributed by atoms with Crippen LogP contribution in [0.25, 0.3) is 0 Å². The maximum absolute atomic E-state index is 12.2. The Balaban J connectivity index is 3.04. The molecule has 0 aromatic carbocycles. The highest BCUT2D eigenvalue weighted by Gasteiger charge is 2.27. The van der Waals surface area contributed by atoms with Crippen molar-refractivity contribution in [2.75, 3.05) is 7.11 Å². The number of esters is 1. The average molecular weight is 334 g/mol. The van der Waals surface area contributed by atoms with Gasteiger partial charge in [0, 0.05) is 0 Å². The molecule has 0 aliphatic carbocycles. The minimum absolute atomic E-state index is 0.0401. The summed E-state index contributed by atoms with van der Waals surface area (Å²) in [5.74, 6) is -1.22. The smallest absolute Gasteiger partial charge is 0.328 e. The predicted octanol–water partition coefficient (Wildman–Crippen LogP) is 0.436. The van der Waals surface area contributed by atoms with Crippen LogP contribution in [0.2, 0.25) is 0 Å². The molecule has 0 aliphatic rings. The van der Waals surface area contributed by atoms with Gasteiger partial charge in [-0.2, -0.15) is 10.4 Å². The Labute approximate surface area is 140 Å². The predicted molar refractivity (Wildman–Crippen MR) is 86.1 cm³/mol. The van der Waals surface area contributed by atoms with Crippen molar-refractivity contribution in [3.8, 4) is 6.07 Å². The molecule has 1 aromatic heterocycles. The summed E-state index contributed by atoms with van der Waals surface area (Å²) < 4.78 is 5.63. The second-order valence-corrected chi connectivity index (χ2v) is 5.61. The molecule has 1 rings (SSSR count). The zero-order valence-electron chi connectivity index (χ0n) is 14.5. The van der Waals surface area contributed by atoms with E-state index in [9.17, 15) is 14.4 Å². The van der Waals surface area contributed by atoms with E-state index in [1.54, 1.807) is 13.8 Å². The van der Waals surface area contributed by atoms with Gasteiger partial charge in [0.1, 0.15) is 24.2 Å². The zero-order valence-corrected chi connectivity index (χ0v) is 14.5. The maximum atomic E-state index is 12.2. The lowest BCUT2D eigenvalue weighted by molar-refractivity contribution is -0.146. The highest BCUT2D eigenvalue weighted by atomic mass is 16.5. The van der Waals surface area contributed by atoms with E-state index in [0.717, 1.165) is 4.68 Å². The average Bonchev–Trinajstić information content (AvgIpc) is 2.56. The van der Waals surface area contributed by atoms with Crippen molar-refractivity contribution in [1.29, 1.82) is 5.26 Å². The summed E-state index contributed by atoms with van der Waals surface area (Å²) in [5, 5.41) is 15.7. The summed E-state index contributed by atoms with van der Waals surface area (Å²) >= 11 is 0. The number of aromatic nitrogens is 2. The van der Waals surface area contributed by atoms with Gasteiger partial charge in [-0.05, 0) is 25.3 Å². The first-order valence-electron chi connectivity index (χ1n) is 7.62. The van der Waals surface area contributed by atoms with E-state index in [-0.39, 0.29) is 18.0 Å². The molecule has 0 spiro atoms. The third-order valence-electron chi connectivity index (χ3n) is 4.03. The molecule has 1 aromatic rings. The van der Waals surface area contributed by atoms with Crippen LogP contribution in [0.5, 0.6) is 0 Å². The molecule has 1 amide bonds. The van der Waals surface area contributed by atoms with E-state index in [1.807, 2.05) is 19.9 Å². The maximum Gasteiger partial charge on any atom is 0.328 e. The van der Waals surface area contributed by atoms with Gasteiger partial charge in [0.2, 0.25) is 5.91 Å². The number of carbonyl (C=O) groups excluding carboxylic acids is 2. The number of methoxy groups -OCH3 is 1. The first-order chi connectivity index (χ1) is 11.3. The van der Waals surface area contributed by atoms with Crippen LogP contribution in [0, 0.1) is 31.1 Å². The lowest BCUT2D eigenvalue weighted by Gasteiger charge is -2.22. The summed E-state index contributed by atoms with van der Waals surface area (Å²) in [6.45, 7) is 6.61. The molecular formula is C16H22N4O4. The highest BCUT2D eigenvalue weighted by Crippen LogP contribution is 2.09. The number of rotatable bonds is 6. The Hall–Kier alpha value is -2.69. The summed E-state index contributed by atoms with van der Waals surface area (Å²) in [7, 11) is 1.25. The fourth-order valence-electron chi connectivity index (χ4n) is 2.16. The molecule has 24 heavy (non-hydrogen) atoms. The van der Waals surface area contributed by atoms with Gasteiger partial charge in [0.05, 0.1) is 12.8 Å². The number of nitrogens with one attached hydrogen (secondary N) is 1. The van der Waals surface area contributed by atoms with Crippen LogP contribution in [-0.2, 0) is 20.9 Å². The van der Waals surface area contributed by atoms with Gasteiger partial charge in [0.15, 0.2) is 0 Å². The summed E-state index contributed by atoms with van der Waals surface area (Å²) in [6, 6.07) is 1.03. The molecular weight excluding hydrogens is 312 g/mol. The number of aryl methyl sites for hydroxylation is 1. The summed E-state index contributed by atoms with van der Waals surface area (Å²) in [5.41, 5.74) is 0.312. The molecule has 0 aliphatic heterocycles. The SMILES string of the molecule is CC[C@@H](C)[C@@H](NC(=O)Cn1nc(C)c(C)c(C#N)c1=O)C(=O)OC. The number of hydrogen-bond donors (Lipinski definition) is 1. The van der Waals surface area contributed by atoms with Crippen LogP contribution in [0.1, 0.15) is 37.1 Å². The third-order valence-corrected chi connectivity index (χ3v) is 4.03. The van der Waals surface area contributed by atoms with Crippen molar-refractivity contribution in [2.24, 2.45) is 5.92 Å². The lowest BCUT2D eigenvalue weighted by atomic mass is 9.99. The Morgan fingerprint density at radius 2 is 2.04 bits per heavy atom.